The minimum absolute atomic E-state index is 0.253. The Morgan fingerprint density at radius 1 is 1.15 bits per heavy atom. The van der Waals surface area contributed by atoms with Crippen LogP contribution in [0.4, 0.5) is 0 Å². The van der Waals surface area contributed by atoms with E-state index in [-0.39, 0.29) is 5.69 Å². The van der Waals surface area contributed by atoms with Crippen molar-refractivity contribution >= 4 is 44.6 Å². The van der Waals surface area contributed by atoms with Gasteiger partial charge in [0.25, 0.3) is 0 Å². The van der Waals surface area contributed by atoms with Crippen LogP contribution in [-0.2, 0) is 11.3 Å². The van der Waals surface area contributed by atoms with Gasteiger partial charge in [-0.2, -0.15) is 0 Å². The van der Waals surface area contributed by atoms with Crippen molar-refractivity contribution in [2.75, 3.05) is 0 Å². The van der Waals surface area contributed by atoms with E-state index in [1.54, 1.807) is 15.9 Å². The number of carboxylic acids is 1. The molecule has 6 heteroatoms. The molecule has 0 bridgehead atoms. The molecule has 130 valence electrons. The number of hydrogen-bond donors (Lipinski definition) is 1. The summed E-state index contributed by atoms with van der Waals surface area (Å²) in [6.07, 6.45) is 2.28. The zero-order chi connectivity index (χ0) is 18.3. The van der Waals surface area contributed by atoms with E-state index < -0.39 is 5.97 Å². The second-order valence-corrected chi connectivity index (χ2v) is 7.00. The lowest BCUT2D eigenvalue weighted by atomic mass is 10.1. The molecule has 0 amide bonds. The number of aryl methyl sites for hydroxylation is 1. The summed E-state index contributed by atoms with van der Waals surface area (Å²) in [5, 5.41) is 12.2. The summed E-state index contributed by atoms with van der Waals surface area (Å²) >= 11 is 1.67. The highest BCUT2D eigenvalue weighted by atomic mass is 32.1. The molecule has 5 nitrogen and oxygen atoms in total. The normalized spacial score (nSPS) is 11.7. The molecule has 0 aliphatic carbocycles. The number of benzene rings is 2. The number of rotatable bonds is 4. The summed E-state index contributed by atoms with van der Waals surface area (Å²) < 4.78 is 4.27. The van der Waals surface area contributed by atoms with Gasteiger partial charge in [-0.05, 0) is 41.6 Å². The summed E-state index contributed by atoms with van der Waals surface area (Å²) in [7, 11) is 0. The van der Waals surface area contributed by atoms with Crippen LogP contribution in [0.2, 0.25) is 0 Å². The number of aliphatic carboxylic acids is 1. The van der Waals surface area contributed by atoms with Crippen molar-refractivity contribution in [1.29, 1.82) is 0 Å². The molecule has 2 heterocycles. The van der Waals surface area contributed by atoms with Gasteiger partial charge >= 0.3 is 11.7 Å². The lowest BCUT2D eigenvalue weighted by Gasteiger charge is -2.04. The van der Waals surface area contributed by atoms with Crippen LogP contribution in [0.5, 0.6) is 0 Å². The first-order valence-corrected chi connectivity index (χ1v) is 9.01. The summed E-state index contributed by atoms with van der Waals surface area (Å²) in [5.74, 6) is -1.09. The SMILES string of the molecule is Cc1cccc2scc(Cn3c(=O)n(/C=C/C(=O)O)c4ccccc43)c12. The molecule has 0 fully saturated rings. The molecule has 0 saturated carbocycles. The second kappa shape index (κ2) is 6.31. The van der Waals surface area contributed by atoms with Gasteiger partial charge in [-0.3, -0.25) is 9.13 Å². The maximum Gasteiger partial charge on any atom is 0.333 e. The van der Waals surface area contributed by atoms with Gasteiger partial charge in [0.2, 0.25) is 0 Å². The van der Waals surface area contributed by atoms with Crippen LogP contribution in [0.15, 0.2) is 58.7 Å². The average molecular weight is 364 g/mol. The first-order chi connectivity index (χ1) is 12.6. The van der Waals surface area contributed by atoms with Crippen LogP contribution in [-0.4, -0.2) is 20.2 Å². The molecule has 0 aliphatic rings. The van der Waals surface area contributed by atoms with E-state index in [0.717, 1.165) is 17.2 Å². The lowest BCUT2D eigenvalue weighted by molar-refractivity contribution is -0.131. The third kappa shape index (κ3) is 2.64. The van der Waals surface area contributed by atoms with Gasteiger partial charge in [0, 0.05) is 22.4 Å². The first-order valence-electron chi connectivity index (χ1n) is 8.13. The Morgan fingerprint density at radius 2 is 1.92 bits per heavy atom. The Morgan fingerprint density at radius 3 is 2.69 bits per heavy atom. The van der Waals surface area contributed by atoms with Crippen molar-refractivity contribution in [3.8, 4) is 0 Å². The maximum atomic E-state index is 12.9. The summed E-state index contributed by atoms with van der Waals surface area (Å²) in [6.45, 7) is 2.51. The van der Waals surface area contributed by atoms with Gasteiger partial charge in [0.05, 0.1) is 17.6 Å². The quantitative estimate of drug-likeness (QED) is 0.558. The van der Waals surface area contributed by atoms with Crippen LogP contribution in [0.1, 0.15) is 11.1 Å². The molecular weight excluding hydrogens is 348 g/mol. The number of carboxylic acid groups (broad SMARTS) is 1. The molecule has 4 rings (SSSR count). The number of fused-ring (bicyclic) bond motifs is 2. The molecular formula is C20H16N2O3S. The molecule has 2 aromatic carbocycles. The van der Waals surface area contributed by atoms with Gasteiger partial charge in [-0.1, -0.05) is 24.3 Å². The van der Waals surface area contributed by atoms with Gasteiger partial charge in [0.15, 0.2) is 0 Å². The van der Waals surface area contributed by atoms with Gasteiger partial charge in [-0.25, -0.2) is 9.59 Å². The Balaban J connectivity index is 1.90. The Hall–Kier alpha value is -3.12. The van der Waals surface area contributed by atoms with Crippen LogP contribution < -0.4 is 5.69 Å². The third-order valence-electron chi connectivity index (χ3n) is 4.45. The largest absolute Gasteiger partial charge is 0.478 e. The van der Waals surface area contributed by atoms with E-state index in [4.69, 9.17) is 5.11 Å². The van der Waals surface area contributed by atoms with Crippen molar-refractivity contribution in [2.45, 2.75) is 13.5 Å². The Labute approximate surface area is 153 Å². The van der Waals surface area contributed by atoms with Crippen LogP contribution in [0, 0.1) is 6.92 Å². The highest BCUT2D eigenvalue weighted by Crippen LogP contribution is 2.29. The van der Waals surface area contributed by atoms with Crippen molar-refractivity contribution in [1.82, 2.24) is 9.13 Å². The smallest absolute Gasteiger partial charge is 0.333 e. The molecule has 1 N–H and O–H groups in total. The molecule has 2 aromatic heterocycles. The van der Waals surface area contributed by atoms with Crippen molar-refractivity contribution in [3.05, 3.63) is 75.5 Å². The predicted octanol–water partition coefficient (Wildman–Crippen LogP) is 3.93. The minimum Gasteiger partial charge on any atom is -0.478 e. The van der Waals surface area contributed by atoms with Crippen LogP contribution in [0.25, 0.3) is 27.3 Å². The van der Waals surface area contributed by atoms with E-state index in [9.17, 15) is 9.59 Å². The van der Waals surface area contributed by atoms with Crippen LogP contribution >= 0.6 is 11.3 Å². The zero-order valence-corrected chi connectivity index (χ0v) is 14.9. The van der Waals surface area contributed by atoms with Gasteiger partial charge < -0.3 is 5.11 Å². The first kappa shape index (κ1) is 16.4. The minimum atomic E-state index is -1.09. The monoisotopic (exact) mass is 364 g/mol. The van der Waals surface area contributed by atoms with Crippen molar-refractivity contribution in [2.24, 2.45) is 0 Å². The highest BCUT2D eigenvalue weighted by molar-refractivity contribution is 7.17. The Kier molecular flexibility index (Phi) is 3.97. The molecule has 0 radical (unpaired) electrons. The number of aromatic nitrogens is 2. The fourth-order valence-corrected chi connectivity index (χ4v) is 4.33. The molecule has 0 atom stereocenters. The number of imidazole rings is 1. The molecule has 0 saturated heterocycles. The fraction of sp³-hybridized carbons (Fsp3) is 0.100. The van der Waals surface area contributed by atoms with Crippen molar-refractivity contribution in [3.63, 3.8) is 0 Å². The number of nitrogens with zero attached hydrogens (tertiary/aromatic N) is 2. The summed E-state index contributed by atoms with van der Waals surface area (Å²) in [4.78, 5) is 23.8. The van der Waals surface area contributed by atoms with Crippen LogP contribution in [0.3, 0.4) is 0 Å². The second-order valence-electron chi connectivity index (χ2n) is 6.09. The topological polar surface area (TPSA) is 64.2 Å². The highest BCUT2D eigenvalue weighted by Gasteiger charge is 2.14. The number of hydrogen-bond acceptors (Lipinski definition) is 3. The van der Waals surface area contributed by atoms with E-state index in [0.29, 0.717) is 12.1 Å². The molecule has 0 aliphatic heterocycles. The van der Waals surface area contributed by atoms with E-state index in [1.165, 1.54) is 26.4 Å². The number of thiophene rings is 1. The van der Waals surface area contributed by atoms with E-state index in [1.807, 2.05) is 30.3 Å². The van der Waals surface area contributed by atoms with Gasteiger partial charge in [-0.15, -0.1) is 11.3 Å². The molecule has 4 aromatic rings. The average Bonchev–Trinajstić information content (AvgIpc) is 3.15. The Bertz CT molecular complexity index is 1230. The maximum absolute atomic E-state index is 12.9. The zero-order valence-electron chi connectivity index (χ0n) is 14.0. The predicted molar refractivity (Wildman–Crippen MR) is 105 cm³/mol. The van der Waals surface area contributed by atoms with E-state index >= 15 is 0 Å². The fourth-order valence-electron chi connectivity index (χ4n) is 3.30. The lowest BCUT2D eigenvalue weighted by Crippen LogP contribution is -2.22. The standard InChI is InChI=1S/C20H16N2O3S/c1-13-5-4-8-17-19(13)14(12-26-17)11-22-16-7-3-2-6-15(16)21(20(22)25)10-9-18(23)24/h2-10,12H,11H2,1H3,(H,23,24)/b10-9+. The van der Waals surface area contributed by atoms with E-state index in [2.05, 4.69) is 24.4 Å². The van der Waals surface area contributed by atoms with Crippen molar-refractivity contribution < 1.29 is 9.90 Å². The third-order valence-corrected chi connectivity index (χ3v) is 5.44. The molecule has 26 heavy (non-hydrogen) atoms. The number of carbonyl (C=O) groups is 1. The number of para-hydroxylation sites is 2. The molecule has 0 spiro atoms. The van der Waals surface area contributed by atoms with Gasteiger partial charge in [0.1, 0.15) is 0 Å². The molecule has 0 unspecified atom stereocenters. The summed E-state index contributed by atoms with van der Waals surface area (Å²) in [6, 6.07) is 13.6. The summed E-state index contributed by atoms with van der Waals surface area (Å²) in [5.41, 5.74) is 3.49.